The van der Waals surface area contributed by atoms with Gasteiger partial charge >= 0.3 is 0 Å². The van der Waals surface area contributed by atoms with Crippen LogP contribution in [0.4, 0.5) is 0 Å². The van der Waals surface area contributed by atoms with Crippen LogP contribution in [-0.4, -0.2) is 29.8 Å². The van der Waals surface area contributed by atoms with Crippen molar-refractivity contribution in [1.29, 1.82) is 0 Å². The molecule has 3 rings (SSSR count). The zero-order valence-electron chi connectivity index (χ0n) is 11.6. The highest BCUT2D eigenvalue weighted by Crippen LogP contribution is 2.26. The molecule has 5 heteroatoms. The maximum atomic E-state index is 5.43. The average molecular weight is 273 g/mol. The molecule has 0 unspecified atom stereocenters. The Morgan fingerprint density at radius 2 is 2.00 bits per heavy atom. The van der Waals surface area contributed by atoms with Crippen LogP contribution in [0.5, 0.6) is 5.75 Å². The molecular formula is C15H19N3O2. The van der Waals surface area contributed by atoms with Gasteiger partial charge in [0, 0.05) is 11.5 Å². The van der Waals surface area contributed by atoms with Crippen LogP contribution in [0.15, 0.2) is 28.8 Å². The van der Waals surface area contributed by atoms with Crippen molar-refractivity contribution < 1.29 is 9.26 Å². The van der Waals surface area contributed by atoms with E-state index in [1.165, 1.54) is 0 Å². The highest BCUT2D eigenvalue weighted by atomic mass is 16.5. The van der Waals surface area contributed by atoms with E-state index >= 15 is 0 Å². The fraction of sp³-hybridized carbons (Fsp3) is 0.467. The van der Waals surface area contributed by atoms with Gasteiger partial charge in [-0.05, 0) is 57.1 Å². The third kappa shape index (κ3) is 2.82. The number of nitrogens with zero attached hydrogens (tertiary/aromatic N) is 2. The van der Waals surface area contributed by atoms with Gasteiger partial charge in [-0.15, -0.1) is 0 Å². The van der Waals surface area contributed by atoms with Crippen LogP contribution < -0.4 is 10.1 Å². The lowest BCUT2D eigenvalue weighted by Crippen LogP contribution is -2.26. The Kier molecular flexibility index (Phi) is 3.97. The highest BCUT2D eigenvalue weighted by Gasteiger charge is 2.21. The van der Waals surface area contributed by atoms with Gasteiger partial charge in [-0.3, -0.25) is 0 Å². The summed E-state index contributed by atoms with van der Waals surface area (Å²) in [5.74, 6) is 2.66. The molecule has 1 aromatic heterocycles. The molecule has 5 nitrogen and oxygen atoms in total. The van der Waals surface area contributed by atoms with Gasteiger partial charge in [-0.25, -0.2) is 0 Å². The number of rotatable bonds is 4. The summed E-state index contributed by atoms with van der Waals surface area (Å²) in [7, 11) is 0. The number of ether oxygens (including phenoxy) is 1. The van der Waals surface area contributed by atoms with Crippen molar-refractivity contribution in [3.05, 3.63) is 30.2 Å². The van der Waals surface area contributed by atoms with Crippen molar-refractivity contribution in [2.75, 3.05) is 19.7 Å². The summed E-state index contributed by atoms with van der Waals surface area (Å²) in [5, 5.41) is 7.43. The molecule has 1 saturated heterocycles. The number of nitrogens with one attached hydrogen (secondary N) is 1. The van der Waals surface area contributed by atoms with Crippen LogP contribution >= 0.6 is 0 Å². The van der Waals surface area contributed by atoms with Crippen molar-refractivity contribution in [3.63, 3.8) is 0 Å². The second-order valence-corrected chi connectivity index (χ2v) is 4.94. The molecule has 106 valence electrons. The first-order chi connectivity index (χ1) is 9.86. The minimum absolute atomic E-state index is 0.389. The topological polar surface area (TPSA) is 60.2 Å². The second-order valence-electron chi connectivity index (χ2n) is 4.94. The molecule has 0 bridgehead atoms. The third-order valence-corrected chi connectivity index (χ3v) is 3.55. The average Bonchev–Trinajstić information content (AvgIpc) is 2.99. The first-order valence-electron chi connectivity index (χ1n) is 7.14. The monoisotopic (exact) mass is 273 g/mol. The van der Waals surface area contributed by atoms with Crippen molar-refractivity contribution in [2.45, 2.75) is 25.7 Å². The van der Waals surface area contributed by atoms with Crippen molar-refractivity contribution in [2.24, 2.45) is 0 Å². The number of hydrogen-bond donors (Lipinski definition) is 1. The molecule has 0 spiro atoms. The number of piperidine rings is 1. The Bertz CT molecular complexity index is 545. The third-order valence-electron chi connectivity index (χ3n) is 3.55. The Labute approximate surface area is 118 Å². The molecule has 1 aliphatic rings. The van der Waals surface area contributed by atoms with E-state index in [1.54, 1.807) is 0 Å². The van der Waals surface area contributed by atoms with Crippen LogP contribution in [0.25, 0.3) is 11.4 Å². The van der Waals surface area contributed by atoms with Crippen LogP contribution in [0.3, 0.4) is 0 Å². The zero-order chi connectivity index (χ0) is 13.8. The van der Waals surface area contributed by atoms with Crippen LogP contribution in [0.2, 0.25) is 0 Å². The van der Waals surface area contributed by atoms with Gasteiger partial charge in [0.05, 0.1) is 6.61 Å². The Morgan fingerprint density at radius 3 is 2.70 bits per heavy atom. The van der Waals surface area contributed by atoms with Gasteiger partial charge in [0.1, 0.15) is 5.75 Å². The predicted octanol–water partition coefficient (Wildman–Crippen LogP) is 2.60. The summed E-state index contributed by atoms with van der Waals surface area (Å²) in [5.41, 5.74) is 0.956. The summed E-state index contributed by atoms with van der Waals surface area (Å²) in [4.78, 5) is 4.53. The molecule has 0 atom stereocenters. The minimum Gasteiger partial charge on any atom is -0.494 e. The Hall–Kier alpha value is -1.88. The fourth-order valence-electron chi connectivity index (χ4n) is 2.45. The van der Waals surface area contributed by atoms with Crippen LogP contribution in [0.1, 0.15) is 31.6 Å². The van der Waals surface area contributed by atoms with Gasteiger partial charge in [-0.2, -0.15) is 4.98 Å². The van der Waals surface area contributed by atoms with E-state index in [1.807, 2.05) is 31.2 Å². The van der Waals surface area contributed by atoms with Crippen LogP contribution in [0, 0.1) is 0 Å². The lowest BCUT2D eigenvalue weighted by atomic mass is 9.98. The SMILES string of the molecule is CCOc1ccc(-c2noc(C3CCNCC3)n2)cc1. The van der Waals surface area contributed by atoms with E-state index in [-0.39, 0.29) is 0 Å². The maximum absolute atomic E-state index is 5.43. The molecule has 20 heavy (non-hydrogen) atoms. The second kappa shape index (κ2) is 6.05. The van der Waals surface area contributed by atoms with Gasteiger partial charge in [-0.1, -0.05) is 5.16 Å². The molecule has 1 fully saturated rings. The molecule has 0 amide bonds. The highest BCUT2D eigenvalue weighted by molar-refractivity contribution is 5.55. The molecular weight excluding hydrogens is 254 g/mol. The van der Waals surface area contributed by atoms with E-state index in [0.717, 1.165) is 43.1 Å². The molecule has 2 heterocycles. The van der Waals surface area contributed by atoms with Gasteiger partial charge < -0.3 is 14.6 Å². The lowest BCUT2D eigenvalue weighted by Gasteiger charge is -2.18. The molecule has 1 N–H and O–H groups in total. The van der Waals surface area contributed by atoms with E-state index in [2.05, 4.69) is 15.5 Å². The largest absolute Gasteiger partial charge is 0.494 e. The summed E-state index contributed by atoms with van der Waals surface area (Å²) in [6, 6.07) is 7.78. The van der Waals surface area contributed by atoms with E-state index in [4.69, 9.17) is 9.26 Å². The van der Waals surface area contributed by atoms with Gasteiger partial charge in [0.15, 0.2) is 0 Å². The summed E-state index contributed by atoms with van der Waals surface area (Å²) < 4.78 is 10.8. The maximum Gasteiger partial charge on any atom is 0.230 e. The first-order valence-corrected chi connectivity index (χ1v) is 7.14. The molecule has 2 aromatic rings. The van der Waals surface area contributed by atoms with Gasteiger partial charge in [0.2, 0.25) is 11.7 Å². The smallest absolute Gasteiger partial charge is 0.230 e. The predicted molar refractivity (Wildman–Crippen MR) is 75.7 cm³/mol. The Morgan fingerprint density at radius 1 is 1.25 bits per heavy atom. The van der Waals surface area contributed by atoms with Crippen LogP contribution in [-0.2, 0) is 0 Å². The van der Waals surface area contributed by atoms with Crippen molar-refractivity contribution in [1.82, 2.24) is 15.5 Å². The first kappa shape index (κ1) is 13.1. The molecule has 0 saturated carbocycles. The standard InChI is InChI=1S/C15H19N3O2/c1-2-19-13-5-3-11(4-6-13)14-17-15(20-18-14)12-7-9-16-10-8-12/h3-6,12,16H,2,7-10H2,1H3. The lowest BCUT2D eigenvalue weighted by molar-refractivity contribution is 0.320. The van der Waals surface area contributed by atoms with E-state index in [0.29, 0.717) is 18.3 Å². The van der Waals surface area contributed by atoms with Crippen molar-refractivity contribution in [3.8, 4) is 17.1 Å². The summed E-state index contributed by atoms with van der Waals surface area (Å²) >= 11 is 0. The molecule has 0 aliphatic carbocycles. The molecule has 0 radical (unpaired) electrons. The summed E-state index contributed by atoms with van der Waals surface area (Å²) in [6.45, 7) is 4.68. The number of hydrogen-bond acceptors (Lipinski definition) is 5. The van der Waals surface area contributed by atoms with E-state index < -0.39 is 0 Å². The van der Waals surface area contributed by atoms with E-state index in [9.17, 15) is 0 Å². The van der Waals surface area contributed by atoms with Gasteiger partial charge in [0.25, 0.3) is 0 Å². The van der Waals surface area contributed by atoms with Crippen molar-refractivity contribution >= 4 is 0 Å². The number of benzene rings is 1. The normalized spacial score (nSPS) is 16.2. The summed E-state index contributed by atoms with van der Waals surface area (Å²) in [6.07, 6.45) is 2.12. The molecule has 1 aromatic carbocycles. The zero-order valence-corrected chi connectivity index (χ0v) is 11.6. The quantitative estimate of drug-likeness (QED) is 0.927. The molecule has 1 aliphatic heterocycles. The minimum atomic E-state index is 0.389. The fourth-order valence-corrected chi connectivity index (χ4v) is 2.45. The Balaban J connectivity index is 1.75. The number of aromatic nitrogens is 2.